The van der Waals surface area contributed by atoms with E-state index < -0.39 is 0 Å². The van der Waals surface area contributed by atoms with Gasteiger partial charge in [-0.1, -0.05) is 13.8 Å². The summed E-state index contributed by atoms with van der Waals surface area (Å²) in [5, 5.41) is 13.0. The van der Waals surface area contributed by atoms with Gasteiger partial charge < -0.3 is 15.2 Å². The van der Waals surface area contributed by atoms with E-state index in [1.54, 1.807) is 0 Å². The van der Waals surface area contributed by atoms with Gasteiger partial charge in [0.15, 0.2) is 0 Å². The largest absolute Gasteiger partial charge is 0.396 e. The van der Waals surface area contributed by atoms with E-state index in [2.05, 4.69) is 19.2 Å². The Morgan fingerprint density at radius 3 is 2.60 bits per heavy atom. The van der Waals surface area contributed by atoms with E-state index in [0.717, 1.165) is 39.0 Å². The average Bonchev–Trinajstić information content (AvgIpc) is 2.33. The second-order valence-corrected chi connectivity index (χ2v) is 4.66. The summed E-state index contributed by atoms with van der Waals surface area (Å²) in [7, 11) is 0. The van der Waals surface area contributed by atoms with Crippen molar-refractivity contribution in [1.82, 2.24) is 5.32 Å². The lowest BCUT2D eigenvalue weighted by Crippen LogP contribution is -2.44. The number of aliphatic hydroxyl groups excluding tert-OH is 1. The van der Waals surface area contributed by atoms with Gasteiger partial charge in [0.2, 0.25) is 0 Å². The molecule has 1 aliphatic rings. The molecule has 0 spiro atoms. The van der Waals surface area contributed by atoms with Gasteiger partial charge in [-0.15, -0.1) is 0 Å². The van der Waals surface area contributed by atoms with E-state index in [-0.39, 0.29) is 12.0 Å². The number of nitrogens with one attached hydrogen (secondary N) is 1. The van der Waals surface area contributed by atoms with Crippen molar-refractivity contribution in [2.24, 2.45) is 5.41 Å². The van der Waals surface area contributed by atoms with Gasteiger partial charge in [0.1, 0.15) is 0 Å². The van der Waals surface area contributed by atoms with Crippen LogP contribution in [0, 0.1) is 5.41 Å². The maximum absolute atomic E-state index is 9.43. The molecule has 1 aliphatic heterocycles. The third kappa shape index (κ3) is 3.74. The number of ether oxygens (including phenoxy) is 1. The maximum Gasteiger partial charge on any atom is 0.0619 e. The molecular weight excluding hydrogens is 190 g/mol. The van der Waals surface area contributed by atoms with Crippen LogP contribution in [0.2, 0.25) is 0 Å². The topological polar surface area (TPSA) is 41.5 Å². The molecule has 0 aromatic carbocycles. The summed E-state index contributed by atoms with van der Waals surface area (Å²) in [4.78, 5) is 0. The van der Waals surface area contributed by atoms with Gasteiger partial charge in [0, 0.05) is 31.2 Å². The first-order valence-electron chi connectivity index (χ1n) is 6.18. The van der Waals surface area contributed by atoms with Crippen molar-refractivity contribution >= 4 is 0 Å². The molecule has 1 atom stereocenters. The summed E-state index contributed by atoms with van der Waals surface area (Å²) in [6, 6.07) is 0.489. The lowest BCUT2D eigenvalue weighted by Gasteiger charge is -2.33. The summed E-state index contributed by atoms with van der Waals surface area (Å²) >= 11 is 0. The fourth-order valence-corrected chi connectivity index (χ4v) is 2.04. The van der Waals surface area contributed by atoms with Gasteiger partial charge in [-0.3, -0.25) is 0 Å². The molecule has 3 heteroatoms. The molecule has 0 aliphatic carbocycles. The van der Waals surface area contributed by atoms with Crippen LogP contribution < -0.4 is 5.32 Å². The molecule has 1 saturated heterocycles. The Bertz CT molecular complexity index is 155. The molecule has 1 fully saturated rings. The molecule has 0 aromatic rings. The minimum Gasteiger partial charge on any atom is -0.396 e. The zero-order chi connectivity index (χ0) is 11.1. The minimum atomic E-state index is 0.0669. The van der Waals surface area contributed by atoms with E-state index in [1.807, 2.05) is 0 Å². The molecular formula is C12H25NO2. The van der Waals surface area contributed by atoms with Crippen LogP contribution in [-0.2, 0) is 4.74 Å². The van der Waals surface area contributed by atoms with Crippen LogP contribution >= 0.6 is 0 Å². The molecule has 1 rings (SSSR count). The van der Waals surface area contributed by atoms with Crippen LogP contribution in [0.1, 0.15) is 39.5 Å². The second kappa shape index (κ2) is 6.46. The molecule has 0 bridgehead atoms. The van der Waals surface area contributed by atoms with Crippen molar-refractivity contribution in [3.05, 3.63) is 0 Å². The van der Waals surface area contributed by atoms with E-state index >= 15 is 0 Å². The molecule has 15 heavy (non-hydrogen) atoms. The van der Waals surface area contributed by atoms with Gasteiger partial charge >= 0.3 is 0 Å². The van der Waals surface area contributed by atoms with Gasteiger partial charge in [-0.05, 0) is 25.7 Å². The first-order valence-corrected chi connectivity index (χ1v) is 6.18. The maximum atomic E-state index is 9.43. The Labute approximate surface area is 93.2 Å². The zero-order valence-electron chi connectivity index (χ0n) is 10.1. The van der Waals surface area contributed by atoms with Gasteiger partial charge in [-0.2, -0.15) is 0 Å². The van der Waals surface area contributed by atoms with Crippen molar-refractivity contribution in [3.63, 3.8) is 0 Å². The molecule has 1 heterocycles. The van der Waals surface area contributed by atoms with Crippen LogP contribution in [0.5, 0.6) is 0 Å². The summed E-state index contributed by atoms with van der Waals surface area (Å²) in [5.41, 5.74) is 0.0669. The number of hydrogen-bond donors (Lipinski definition) is 2. The summed E-state index contributed by atoms with van der Waals surface area (Å²) in [6.07, 6.45) is 4.41. The predicted molar refractivity (Wildman–Crippen MR) is 61.9 cm³/mol. The number of hydrogen-bond acceptors (Lipinski definition) is 3. The molecule has 1 unspecified atom stereocenters. The second-order valence-electron chi connectivity index (χ2n) is 4.66. The highest BCUT2D eigenvalue weighted by Crippen LogP contribution is 2.24. The first-order chi connectivity index (χ1) is 7.26. The van der Waals surface area contributed by atoms with Crippen LogP contribution in [0.15, 0.2) is 0 Å². The molecule has 0 saturated carbocycles. The molecule has 90 valence electrons. The highest BCUT2D eigenvalue weighted by molar-refractivity contribution is 4.81. The Balaban J connectivity index is 2.31. The van der Waals surface area contributed by atoms with Crippen molar-refractivity contribution < 1.29 is 9.84 Å². The standard InChI is InChI=1S/C12H25NO2/c1-3-12(4-2,10-14)9-13-11-6-5-7-15-8-11/h11,13-14H,3-10H2,1-2H3. The van der Waals surface area contributed by atoms with Crippen LogP contribution in [0.25, 0.3) is 0 Å². The monoisotopic (exact) mass is 215 g/mol. The Hall–Kier alpha value is -0.120. The normalized spacial score (nSPS) is 23.0. The van der Waals surface area contributed by atoms with E-state index in [0.29, 0.717) is 6.04 Å². The third-order valence-electron chi connectivity index (χ3n) is 3.76. The van der Waals surface area contributed by atoms with Crippen LogP contribution in [-0.4, -0.2) is 37.5 Å². The number of rotatable bonds is 6. The van der Waals surface area contributed by atoms with Crippen molar-refractivity contribution in [3.8, 4) is 0 Å². The van der Waals surface area contributed by atoms with E-state index in [9.17, 15) is 5.11 Å². The third-order valence-corrected chi connectivity index (χ3v) is 3.76. The van der Waals surface area contributed by atoms with Crippen LogP contribution in [0.3, 0.4) is 0 Å². The smallest absolute Gasteiger partial charge is 0.0619 e. The molecule has 0 radical (unpaired) electrons. The SMILES string of the molecule is CCC(CC)(CO)CNC1CCCOC1. The highest BCUT2D eigenvalue weighted by Gasteiger charge is 2.26. The highest BCUT2D eigenvalue weighted by atomic mass is 16.5. The fourth-order valence-electron chi connectivity index (χ4n) is 2.04. The molecule has 3 nitrogen and oxygen atoms in total. The quantitative estimate of drug-likeness (QED) is 0.706. The van der Waals surface area contributed by atoms with Gasteiger partial charge in [-0.25, -0.2) is 0 Å². The molecule has 2 N–H and O–H groups in total. The number of aliphatic hydroxyl groups is 1. The van der Waals surface area contributed by atoms with Gasteiger partial charge in [0.25, 0.3) is 0 Å². The lowest BCUT2D eigenvalue weighted by molar-refractivity contribution is 0.0559. The average molecular weight is 215 g/mol. The fraction of sp³-hybridized carbons (Fsp3) is 1.00. The zero-order valence-corrected chi connectivity index (χ0v) is 10.1. The molecule has 0 amide bonds. The van der Waals surface area contributed by atoms with Gasteiger partial charge in [0.05, 0.1) is 6.61 Å². The Morgan fingerprint density at radius 2 is 2.13 bits per heavy atom. The van der Waals surface area contributed by atoms with Crippen molar-refractivity contribution in [2.45, 2.75) is 45.6 Å². The summed E-state index contributed by atoms with van der Waals surface area (Å²) in [5.74, 6) is 0. The first kappa shape index (κ1) is 12.9. The predicted octanol–water partition coefficient (Wildman–Crippen LogP) is 1.55. The van der Waals surface area contributed by atoms with Crippen LogP contribution in [0.4, 0.5) is 0 Å². The van der Waals surface area contributed by atoms with E-state index in [1.165, 1.54) is 6.42 Å². The summed E-state index contributed by atoms with van der Waals surface area (Å²) < 4.78 is 5.42. The minimum absolute atomic E-state index is 0.0669. The molecule has 0 aromatic heterocycles. The van der Waals surface area contributed by atoms with Crippen molar-refractivity contribution in [1.29, 1.82) is 0 Å². The summed E-state index contributed by atoms with van der Waals surface area (Å²) in [6.45, 7) is 7.22. The van der Waals surface area contributed by atoms with Crippen molar-refractivity contribution in [2.75, 3.05) is 26.4 Å². The Kier molecular flexibility index (Phi) is 5.58. The lowest BCUT2D eigenvalue weighted by atomic mass is 9.83. The Morgan fingerprint density at radius 1 is 1.40 bits per heavy atom. The van der Waals surface area contributed by atoms with E-state index in [4.69, 9.17) is 4.74 Å².